The lowest BCUT2D eigenvalue weighted by atomic mass is 10.1. The zero-order valence-corrected chi connectivity index (χ0v) is 11.6. The molecule has 22 heavy (non-hydrogen) atoms. The van der Waals surface area contributed by atoms with E-state index < -0.39 is 18.1 Å². The van der Waals surface area contributed by atoms with E-state index in [1.165, 1.54) is 24.5 Å². The van der Waals surface area contributed by atoms with E-state index in [1.807, 2.05) is 0 Å². The van der Waals surface area contributed by atoms with Crippen molar-refractivity contribution in [1.82, 2.24) is 9.55 Å². The molecular weight excluding hydrogens is 289 g/mol. The number of rotatable bonds is 4. The molecule has 6 nitrogen and oxygen atoms in total. The largest absolute Gasteiger partial charge is 0.480 e. The van der Waals surface area contributed by atoms with Crippen LogP contribution in [0.3, 0.4) is 0 Å². The molecular formula is C15H14FN3O3. The molecule has 114 valence electrons. The number of hydrogen-bond donors (Lipinski definition) is 2. The Labute approximate surface area is 125 Å². The van der Waals surface area contributed by atoms with E-state index in [1.54, 1.807) is 6.07 Å². The van der Waals surface area contributed by atoms with Gasteiger partial charge in [-0.05, 0) is 36.1 Å². The first-order chi connectivity index (χ1) is 10.5. The van der Waals surface area contributed by atoms with Gasteiger partial charge in [0.2, 0.25) is 0 Å². The summed E-state index contributed by atoms with van der Waals surface area (Å²) >= 11 is 0. The number of halogens is 1. The van der Waals surface area contributed by atoms with Crippen LogP contribution in [0.15, 0.2) is 35.4 Å². The third-order valence-corrected chi connectivity index (χ3v) is 3.71. The number of carboxylic acid groups (broad SMARTS) is 1. The normalized spacial score (nSPS) is 16.3. The molecule has 0 aliphatic heterocycles. The van der Waals surface area contributed by atoms with Crippen molar-refractivity contribution >= 4 is 11.8 Å². The maximum absolute atomic E-state index is 13.2. The van der Waals surface area contributed by atoms with E-state index >= 15 is 0 Å². The maximum atomic E-state index is 13.2. The van der Waals surface area contributed by atoms with Crippen LogP contribution in [0, 0.1) is 5.82 Å². The van der Waals surface area contributed by atoms with E-state index in [0.717, 1.165) is 28.5 Å². The molecule has 0 fully saturated rings. The van der Waals surface area contributed by atoms with E-state index in [2.05, 4.69) is 10.3 Å². The summed E-state index contributed by atoms with van der Waals surface area (Å²) in [5.41, 5.74) is 1.37. The van der Waals surface area contributed by atoms with E-state index in [4.69, 9.17) is 5.11 Å². The molecule has 2 N–H and O–H groups in total. The van der Waals surface area contributed by atoms with Crippen molar-refractivity contribution in [3.63, 3.8) is 0 Å². The Hall–Kier alpha value is -2.70. The van der Waals surface area contributed by atoms with Crippen LogP contribution in [-0.4, -0.2) is 20.6 Å². The molecule has 0 amide bonds. The number of nitrogens with one attached hydrogen (secondary N) is 1. The predicted octanol–water partition coefficient (Wildman–Crippen LogP) is 1.57. The minimum Gasteiger partial charge on any atom is -0.480 e. The Kier molecular flexibility index (Phi) is 3.62. The van der Waals surface area contributed by atoms with Gasteiger partial charge < -0.3 is 10.4 Å². The van der Waals surface area contributed by atoms with Crippen LogP contribution in [0.4, 0.5) is 10.2 Å². The Morgan fingerprint density at radius 2 is 2.32 bits per heavy atom. The molecule has 0 saturated carbocycles. The number of benzene rings is 1. The Balaban J connectivity index is 1.87. The Bertz CT molecular complexity index is 788. The van der Waals surface area contributed by atoms with Gasteiger partial charge in [0, 0.05) is 12.4 Å². The van der Waals surface area contributed by atoms with Gasteiger partial charge in [-0.2, -0.15) is 0 Å². The van der Waals surface area contributed by atoms with Gasteiger partial charge in [-0.25, -0.2) is 9.37 Å². The van der Waals surface area contributed by atoms with Crippen LogP contribution in [0.25, 0.3) is 0 Å². The van der Waals surface area contributed by atoms with Crippen LogP contribution < -0.4 is 10.9 Å². The highest BCUT2D eigenvalue weighted by Crippen LogP contribution is 2.33. The second-order valence-electron chi connectivity index (χ2n) is 5.18. The van der Waals surface area contributed by atoms with Crippen LogP contribution in [0.1, 0.15) is 23.6 Å². The first-order valence-electron chi connectivity index (χ1n) is 6.86. The van der Waals surface area contributed by atoms with Gasteiger partial charge in [0.15, 0.2) is 5.82 Å². The number of aliphatic carboxylic acids is 1. The molecule has 0 bridgehead atoms. The minimum absolute atomic E-state index is 0.103. The molecule has 1 aromatic heterocycles. The van der Waals surface area contributed by atoms with E-state index in [9.17, 15) is 14.0 Å². The predicted molar refractivity (Wildman–Crippen MR) is 77.2 cm³/mol. The zero-order chi connectivity index (χ0) is 15.7. The number of carbonyl (C=O) groups is 1. The zero-order valence-electron chi connectivity index (χ0n) is 11.6. The molecule has 3 rings (SSSR count). The number of aryl methyl sites for hydroxylation is 1. The summed E-state index contributed by atoms with van der Waals surface area (Å²) < 4.78 is 14.3. The highest BCUT2D eigenvalue weighted by molar-refractivity contribution is 5.66. The molecule has 1 aliphatic carbocycles. The fourth-order valence-corrected chi connectivity index (χ4v) is 2.72. The Morgan fingerprint density at radius 3 is 3.09 bits per heavy atom. The number of anilines is 1. The molecule has 1 aliphatic rings. The fourth-order valence-electron chi connectivity index (χ4n) is 2.72. The minimum atomic E-state index is -1.10. The molecule has 1 aromatic carbocycles. The van der Waals surface area contributed by atoms with Gasteiger partial charge in [-0.1, -0.05) is 6.07 Å². The third kappa shape index (κ3) is 2.69. The summed E-state index contributed by atoms with van der Waals surface area (Å²) in [5, 5.41) is 11.8. The number of fused-ring (bicyclic) bond motifs is 1. The van der Waals surface area contributed by atoms with Gasteiger partial charge >= 0.3 is 5.97 Å². The average molecular weight is 303 g/mol. The summed E-state index contributed by atoms with van der Waals surface area (Å²) in [5.74, 6) is -1.27. The highest BCUT2D eigenvalue weighted by Gasteiger charge is 2.24. The summed E-state index contributed by atoms with van der Waals surface area (Å²) in [6.45, 7) is -0.414. The smallest absolute Gasteiger partial charge is 0.323 e. The van der Waals surface area contributed by atoms with Crippen LogP contribution in [0.5, 0.6) is 0 Å². The molecule has 1 atom stereocenters. The number of carboxylic acids is 1. The summed E-state index contributed by atoms with van der Waals surface area (Å²) in [6.07, 6.45) is 4.17. The van der Waals surface area contributed by atoms with Gasteiger partial charge in [0.25, 0.3) is 5.56 Å². The van der Waals surface area contributed by atoms with Crippen LogP contribution in [-0.2, 0) is 17.8 Å². The van der Waals surface area contributed by atoms with E-state index in [-0.39, 0.29) is 17.7 Å². The van der Waals surface area contributed by atoms with Crippen molar-refractivity contribution in [3.8, 4) is 0 Å². The van der Waals surface area contributed by atoms with Gasteiger partial charge in [0.1, 0.15) is 12.4 Å². The number of nitrogens with zero attached hydrogens (tertiary/aromatic N) is 2. The monoisotopic (exact) mass is 303 g/mol. The standard InChI is InChI=1S/C15H14FN3O3/c16-10-2-3-11-9(7-10)1-4-12(11)18-14-15(22)19(6-5-17-14)8-13(20)21/h2-3,5-7,12H,1,4,8H2,(H,17,18)(H,20,21). The van der Waals surface area contributed by atoms with Crippen molar-refractivity contribution in [1.29, 1.82) is 0 Å². The van der Waals surface area contributed by atoms with Gasteiger partial charge in [0.05, 0.1) is 6.04 Å². The molecule has 0 spiro atoms. The van der Waals surface area contributed by atoms with Crippen LogP contribution in [0.2, 0.25) is 0 Å². The maximum Gasteiger partial charge on any atom is 0.323 e. The van der Waals surface area contributed by atoms with Gasteiger partial charge in [-0.15, -0.1) is 0 Å². The number of hydrogen-bond acceptors (Lipinski definition) is 4. The highest BCUT2D eigenvalue weighted by atomic mass is 19.1. The topological polar surface area (TPSA) is 84.2 Å². The molecule has 0 radical (unpaired) electrons. The molecule has 7 heteroatoms. The van der Waals surface area contributed by atoms with Crippen molar-refractivity contribution < 1.29 is 14.3 Å². The van der Waals surface area contributed by atoms with Crippen molar-refractivity contribution in [2.45, 2.75) is 25.4 Å². The van der Waals surface area contributed by atoms with Crippen molar-refractivity contribution in [3.05, 3.63) is 57.9 Å². The lowest BCUT2D eigenvalue weighted by Crippen LogP contribution is -2.27. The van der Waals surface area contributed by atoms with E-state index in [0.29, 0.717) is 0 Å². The molecule has 1 heterocycles. The van der Waals surface area contributed by atoms with Gasteiger partial charge in [-0.3, -0.25) is 14.2 Å². The van der Waals surface area contributed by atoms with Crippen LogP contribution >= 0.6 is 0 Å². The first-order valence-corrected chi connectivity index (χ1v) is 6.86. The second kappa shape index (κ2) is 5.59. The summed E-state index contributed by atoms with van der Waals surface area (Å²) in [6, 6.07) is 4.46. The average Bonchev–Trinajstić information content (AvgIpc) is 2.85. The lowest BCUT2D eigenvalue weighted by Gasteiger charge is -2.15. The molecule has 2 aromatic rings. The summed E-state index contributed by atoms with van der Waals surface area (Å²) in [7, 11) is 0. The Morgan fingerprint density at radius 1 is 1.50 bits per heavy atom. The fraction of sp³-hybridized carbons (Fsp3) is 0.267. The number of aromatic nitrogens is 2. The third-order valence-electron chi connectivity index (χ3n) is 3.71. The SMILES string of the molecule is O=C(O)Cn1ccnc(NC2CCc3cc(F)ccc32)c1=O. The van der Waals surface area contributed by atoms with Crippen molar-refractivity contribution in [2.24, 2.45) is 0 Å². The lowest BCUT2D eigenvalue weighted by molar-refractivity contribution is -0.137. The molecule has 1 unspecified atom stereocenters. The second-order valence-corrected chi connectivity index (χ2v) is 5.18. The van der Waals surface area contributed by atoms with Crippen molar-refractivity contribution in [2.75, 3.05) is 5.32 Å². The summed E-state index contributed by atoms with van der Waals surface area (Å²) in [4.78, 5) is 26.9. The first kappa shape index (κ1) is 14.2. The molecule has 0 saturated heterocycles. The quantitative estimate of drug-likeness (QED) is 0.895.